The lowest BCUT2D eigenvalue weighted by Crippen LogP contribution is -2.20. The van der Waals surface area contributed by atoms with E-state index in [9.17, 15) is 0 Å². The third-order valence-electron chi connectivity index (χ3n) is 2.77. The van der Waals surface area contributed by atoms with Gasteiger partial charge in [0.25, 0.3) is 0 Å². The van der Waals surface area contributed by atoms with Crippen molar-refractivity contribution in [3.63, 3.8) is 0 Å². The van der Waals surface area contributed by atoms with Crippen LogP contribution in [0.15, 0.2) is 16.6 Å². The summed E-state index contributed by atoms with van der Waals surface area (Å²) in [6, 6.07) is 3.89. The molecule has 4 heteroatoms. The normalized spacial score (nSPS) is 17.3. The van der Waals surface area contributed by atoms with Crippen LogP contribution in [0.2, 0.25) is 0 Å². The lowest BCUT2D eigenvalue weighted by Gasteiger charge is -2.17. The Bertz CT molecular complexity index is 388. The monoisotopic (exact) mass is 271 g/mol. The molecule has 2 rings (SSSR count). The van der Waals surface area contributed by atoms with Crippen LogP contribution in [-0.4, -0.2) is 14.2 Å². The molecule has 0 aliphatic heterocycles. The van der Waals surface area contributed by atoms with Crippen molar-refractivity contribution < 1.29 is 9.47 Å². The lowest BCUT2D eigenvalue weighted by molar-refractivity contribution is 0.348. The number of rotatable bonds is 3. The quantitative estimate of drug-likeness (QED) is 0.919. The fourth-order valence-electron chi connectivity index (χ4n) is 1.70. The molecule has 1 aromatic carbocycles. The van der Waals surface area contributed by atoms with Crippen LogP contribution in [0.5, 0.6) is 11.5 Å². The van der Waals surface area contributed by atoms with E-state index < -0.39 is 0 Å². The fourth-order valence-corrected chi connectivity index (χ4v) is 2.14. The number of halogens is 1. The van der Waals surface area contributed by atoms with Crippen LogP contribution in [0.4, 0.5) is 0 Å². The van der Waals surface area contributed by atoms with Gasteiger partial charge in [0.15, 0.2) is 11.5 Å². The van der Waals surface area contributed by atoms with E-state index in [1.54, 1.807) is 14.2 Å². The third-order valence-corrected chi connectivity index (χ3v) is 3.23. The van der Waals surface area contributed by atoms with Gasteiger partial charge in [0.1, 0.15) is 0 Å². The molecular formula is C11H14BrNO2. The summed E-state index contributed by atoms with van der Waals surface area (Å²) < 4.78 is 11.6. The molecule has 1 saturated carbocycles. The predicted octanol–water partition coefficient (Wildman–Crippen LogP) is 2.41. The highest BCUT2D eigenvalue weighted by atomic mass is 79.9. The van der Waals surface area contributed by atoms with E-state index in [-0.39, 0.29) is 5.54 Å². The third kappa shape index (κ3) is 1.84. The molecular weight excluding hydrogens is 258 g/mol. The molecule has 15 heavy (non-hydrogen) atoms. The summed E-state index contributed by atoms with van der Waals surface area (Å²) in [6.07, 6.45) is 2.01. The summed E-state index contributed by atoms with van der Waals surface area (Å²) in [5.41, 5.74) is 6.98. The minimum absolute atomic E-state index is 0.220. The summed E-state index contributed by atoms with van der Waals surface area (Å²) in [5.74, 6) is 1.47. The van der Waals surface area contributed by atoms with Crippen molar-refractivity contribution in [1.29, 1.82) is 0 Å². The van der Waals surface area contributed by atoms with E-state index in [2.05, 4.69) is 15.9 Å². The van der Waals surface area contributed by atoms with Crippen molar-refractivity contribution >= 4 is 15.9 Å². The summed E-state index contributed by atoms with van der Waals surface area (Å²) in [6.45, 7) is 0. The van der Waals surface area contributed by atoms with Gasteiger partial charge in [-0.2, -0.15) is 0 Å². The Labute approximate surface area is 97.7 Å². The molecule has 0 bridgehead atoms. The highest BCUT2D eigenvalue weighted by Gasteiger charge is 2.43. The van der Waals surface area contributed by atoms with E-state index >= 15 is 0 Å². The molecule has 0 atom stereocenters. The van der Waals surface area contributed by atoms with Crippen molar-refractivity contribution in [1.82, 2.24) is 0 Å². The van der Waals surface area contributed by atoms with Crippen molar-refractivity contribution in [2.75, 3.05) is 14.2 Å². The van der Waals surface area contributed by atoms with Gasteiger partial charge in [0, 0.05) is 15.6 Å². The molecule has 0 radical (unpaired) electrons. The van der Waals surface area contributed by atoms with Crippen LogP contribution in [0, 0.1) is 0 Å². The van der Waals surface area contributed by atoms with Crippen LogP contribution in [-0.2, 0) is 5.54 Å². The molecule has 1 aliphatic carbocycles. The molecule has 1 aliphatic rings. The number of methoxy groups -OCH3 is 2. The van der Waals surface area contributed by atoms with Crippen LogP contribution >= 0.6 is 15.9 Å². The van der Waals surface area contributed by atoms with Crippen molar-refractivity contribution in [2.24, 2.45) is 5.73 Å². The second-order valence-corrected chi connectivity index (χ2v) is 4.76. The molecule has 0 aromatic heterocycles. The van der Waals surface area contributed by atoms with Crippen LogP contribution < -0.4 is 15.2 Å². The number of hydrogen-bond donors (Lipinski definition) is 1. The number of ether oxygens (including phenoxy) is 2. The highest BCUT2D eigenvalue weighted by molar-refractivity contribution is 9.10. The van der Waals surface area contributed by atoms with E-state index in [0.29, 0.717) is 0 Å². The Morgan fingerprint density at radius 1 is 1.27 bits per heavy atom. The number of benzene rings is 1. The first kappa shape index (κ1) is 10.8. The second kappa shape index (κ2) is 3.68. The summed E-state index contributed by atoms with van der Waals surface area (Å²) in [7, 11) is 3.27. The van der Waals surface area contributed by atoms with Gasteiger partial charge >= 0.3 is 0 Å². The average molecular weight is 272 g/mol. The van der Waals surface area contributed by atoms with Crippen LogP contribution in [0.3, 0.4) is 0 Å². The van der Waals surface area contributed by atoms with E-state index in [1.165, 1.54) is 0 Å². The Morgan fingerprint density at radius 3 is 2.40 bits per heavy atom. The Morgan fingerprint density at radius 2 is 1.93 bits per heavy atom. The van der Waals surface area contributed by atoms with Gasteiger partial charge in [-0.1, -0.05) is 15.9 Å². The summed E-state index contributed by atoms with van der Waals surface area (Å²) in [5, 5.41) is 0. The van der Waals surface area contributed by atoms with Gasteiger partial charge in [0.2, 0.25) is 0 Å². The SMILES string of the molecule is COc1cc(Br)cc(C2(N)CC2)c1OC. The maximum absolute atomic E-state index is 6.18. The molecule has 0 heterocycles. The van der Waals surface area contributed by atoms with Crippen molar-refractivity contribution in [3.8, 4) is 11.5 Å². The van der Waals surface area contributed by atoms with Gasteiger partial charge in [0.05, 0.1) is 14.2 Å². The average Bonchev–Trinajstić information content (AvgIpc) is 2.96. The number of nitrogens with two attached hydrogens (primary N) is 1. The lowest BCUT2D eigenvalue weighted by atomic mass is 10.0. The topological polar surface area (TPSA) is 44.5 Å². The molecule has 1 fully saturated rings. The number of hydrogen-bond acceptors (Lipinski definition) is 3. The summed E-state index contributed by atoms with van der Waals surface area (Å²) >= 11 is 3.45. The van der Waals surface area contributed by atoms with Crippen molar-refractivity contribution in [3.05, 3.63) is 22.2 Å². The standard InChI is InChI=1S/C11H14BrNO2/c1-14-9-6-7(12)5-8(10(9)15-2)11(13)3-4-11/h5-6H,3-4,13H2,1-2H3. The molecule has 0 saturated heterocycles. The van der Waals surface area contributed by atoms with E-state index in [1.807, 2.05) is 12.1 Å². The zero-order valence-corrected chi connectivity index (χ0v) is 10.4. The minimum Gasteiger partial charge on any atom is -0.493 e. The molecule has 82 valence electrons. The van der Waals surface area contributed by atoms with Crippen molar-refractivity contribution in [2.45, 2.75) is 18.4 Å². The fraction of sp³-hybridized carbons (Fsp3) is 0.455. The van der Waals surface area contributed by atoms with Gasteiger partial charge in [-0.25, -0.2) is 0 Å². The highest BCUT2D eigenvalue weighted by Crippen LogP contribution is 2.50. The Hall–Kier alpha value is -0.740. The zero-order chi connectivity index (χ0) is 11.1. The molecule has 3 nitrogen and oxygen atoms in total. The van der Waals surface area contributed by atoms with Gasteiger partial charge in [-0.05, 0) is 25.0 Å². The van der Waals surface area contributed by atoms with E-state index in [4.69, 9.17) is 15.2 Å². The van der Waals surface area contributed by atoms with Crippen LogP contribution in [0.1, 0.15) is 18.4 Å². The Balaban J connectivity index is 2.56. The maximum atomic E-state index is 6.18. The molecule has 2 N–H and O–H groups in total. The Kier molecular flexibility index (Phi) is 2.64. The first-order valence-corrected chi connectivity index (χ1v) is 5.61. The largest absolute Gasteiger partial charge is 0.493 e. The zero-order valence-electron chi connectivity index (χ0n) is 8.84. The van der Waals surface area contributed by atoms with Gasteiger partial charge in [-0.3, -0.25) is 0 Å². The summed E-state index contributed by atoms with van der Waals surface area (Å²) in [4.78, 5) is 0. The van der Waals surface area contributed by atoms with E-state index in [0.717, 1.165) is 34.4 Å². The van der Waals surface area contributed by atoms with Crippen LogP contribution in [0.25, 0.3) is 0 Å². The maximum Gasteiger partial charge on any atom is 0.165 e. The molecule has 1 aromatic rings. The predicted molar refractivity (Wildman–Crippen MR) is 62.3 cm³/mol. The smallest absolute Gasteiger partial charge is 0.165 e. The second-order valence-electron chi connectivity index (χ2n) is 3.84. The van der Waals surface area contributed by atoms with Gasteiger partial charge < -0.3 is 15.2 Å². The van der Waals surface area contributed by atoms with Gasteiger partial charge in [-0.15, -0.1) is 0 Å². The molecule has 0 unspecified atom stereocenters. The first-order chi connectivity index (χ1) is 7.10. The molecule has 0 amide bonds. The minimum atomic E-state index is -0.220. The molecule has 0 spiro atoms. The first-order valence-electron chi connectivity index (χ1n) is 4.81.